The van der Waals surface area contributed by atoms with Gasteiger partial charge in [-0.3, -0.25) is 14.4 Å². The zero-order valence-corrected chi connectivity index (χ0v) is 19.4. The van der Waals surface area contributed by atoms with Crippen molar-refractivity contribution in [3.8, 4) is 0 Å². The molecule has 28 heavy (non-hydrogen) atoms. The lowest BCUT2D eigenvalue weighted by Gasteiger charge is -2.28. The van der Waals surface area contributed by atoms with Gasteiger partial charge in [0, 0.05) is 27.1 Å². The second-order valence-corrected chi connectivity index (χ2v) is 8.45. The Kier molecular flexibility index (Phi) is 12.8. The minimum atomic E-state index is -0.531. The molecule has 2 atom stereocenters. The molecule has 1 unspecified atom stereocenters. The summed E-state index contributed by atoms with van der Waals surface area (Å²) in [6.07, 6.45) is 4.48. The number of nitrogens with zero attached hydrogens (tertiary/aromatic N) is 2. The van der Waals surface area contributed by atoms with E-state index in [0.717, 1.165) is 19.3 Å². The smallest absolute Gasteiger partial charge is 0.244 e. The number of carbonyl (C=O) groups is 3. The van der Waals surface area contributed by atoms with Crippen LogP contribution in [0.3, 0.4) is 0 Å². The largest absolute Gasteiger partial charge is 0.347 e. The molecule has 1 aliphatic rings. The van der Waals surface area contributed by atoms with Gasteiger partial charge in [-0.15, -0.1) is 0 Å². The van der Waals surface area contributed by atoms with Gasteiger partial charge in [0.25, 0.3) is 0 Å². The zero-order valence-electron chi connectivity index (χ0n) is 19.4. The highest BCUT2D eigenvalue weighted by Crippen LogP contribution is 2.20. The van der Waals surface area contributed by atoms with E-state index < -0.39 is 12.1 Å². The normalized spacial score (nSPS) is 17.2. The van der Waals surface area contributed by atoms with Gasteiger partial charge in [0.15, 0.2) is 0 Å². The van der Waals surface area contributed by atoms with Crippen molar-refractivity contribution in [1.82, 2.24) is 15.1 Å². The summed E-state index contributed by atoms with van der Waals surface area (Å²) >= 11 is 0. The molecule has 3 amide bonds. The van der Waals surface area contributed by atoms with E-state index in [1.54, 1.807) is 19.0 Å². The van der Waals surface area contributed by atoms with Crippen molar-refractivity contribution in [2.45, 2.75) is 92.2 Å². The highest BCUT2D eigenvalue weighted by atomic mass is 16.2. The number of likely N-dealkylation sites (N-methyl/N-ethyl adjacent to an activating group) is 1. The maximum Gasteiger partial charge on any atom is 0.244 e. The number of carbonyl (C=O) groups excluding carboxylic acids is 3. The van der Waals surface area contributed by atoms with Crippen LogP contribution < -0.4 is 5.32 Å². The first-order valence-electron chi connectivity index (χ1n) is 10.9. The molecule has 0 radical (unpaired) electrons. The standard InChI is InChI=1S/C20H37N3O3.C2H6/c1-14(2)9-7-11-18(24)23-12-8-10-17(23)19(25)21-16(13-15(3)4)20(26)22(5)6;1-2/h14-17H,7-13H2,1-6H3,(H,21,25);1-2H3/t16-,17?;/m0./s1. The van der Waals surface area contributed by atoms with E-state index in [2.05, 4.69) is 19.2 Å². The van der Waals surface area contributed by atoms with Crippen LogP contribution in [-0.4, -0.2) is 60.2 Å². The second-order valence-electron chi connectivity index (χ2n) is 8.45. The summed E-state index contributed by atoms with van der Waals surface area (Å²) < 4.78 is 0. The van der Waals surface area contributed by atoms with Crippen LogP contribution in [0, 0.1) is 11.8 Å². The summed E-state index contributed by atoms with van der Waals surface area (Å²) in [5.41, 5.74) is 0. The third kappa shape index (κ3) is 9.07. The molecule has 164 valence electrons. The van der Waals surface area contributed by atoms with E-state index in [1.807, 2.05) is 27.7 Å². The maximum atomic E-state index is 12.8. The van der Waals surface area contributed by atoms with Crippen molar-refractivity contribution >= 4 is 17.7 Å². The fraction of sp³-hybridized carbons (Fsp3) is 0.864. The van der Waals surface area contributed by atoms with E-state index in [4.69, 9.17) is 0 Å². The van der Waals surface area contributed by atoms with Crippen LogP contribution in [0.5, 0.6) is 0 Å². The Hall–Kier alpha value is -1.59. The summed E-state index contributed by atoms with van der Waals surface area (Å²) in [6.45, 7) is 13.0. The quantitative estimate of drug-likeness (QED) is 0.648. The average Bonchev–Trinajstić information content (AvgIpc) is 3.11. The van der Waals surface area contributed by atoms with Crippen molar-refractivity contribution in [1.29, 1.82) is 0 Å². The number of likely N-dealkylation sites (tertiary alicyclic amines) is 1. The first kappa shape index (κ1) is 26.4. The molecule has 1 heterocycles. The zero-order chi connectivity index (χ0) is 21.9. The lowest BCUT2D eigenvalue weighted by atomic mass is 10.0. The Morgan fingerprint density at radius 2 is 1.68 bits per heavy atom. The minimum absolute atomic E-state index is 0.0580. The van der Waals surface area contributed by atoms with Gasteiger partial charge >= 0.3 is 0 Å². The van der Waals surface area contributed by atoms with Crippen molar-refractivity contribution in [3.05, 3.63) is 0 Å². The minimum Gasteiger partial charge on any atom is -0.347 e. The fourth-order valence-electron chi connectivity index (χ4n) is 3.42. The Morgan fingerprint density at radius 1 is 1.07 bits per heavy atom. The molecular formula is C22H43N3O3. The van der Waals surface area contributed by atoms with Gasteiger partial charge in [0.1, 0.15) is 12.1 Å². The van der Waals surface area contributed by atoms with Gasteiger partial charge in [-0.05, 0) is 37.5 Å². The van der Waals surface area contributed by atoms with Crippen LogP contribution in [0.1, 0.15) is 80.1 Å². The lowest BCUT2D eigenvalue weighted by molar-refractivity contribution is -0.140. The number of hydrogen-bond acceptors (Lipinski definition) is 3. The molecule has 0 aliphatic carbocycles. The summed E-state index contributed by atoms with van der Waals surface area (Å²) in [6, 6.07) is -0.970. The molecule has 6 heteroatoms. The number of hydrogen-bond donors (Lipinski definition) is 1. The van der Waals surface area contributed by atoms with E-state index in [1.165, 1.54) is 4.90 Å². The molecule has 0 aromatic rings. The Labute approximate surface area is 172 Å². The molecule has 0 aromatic heterocycles. The van der Waals surface area contributed by atoms with Crippen LogP contribution in [0.4, 0.5) is 0 Å². The Balaban J connectivity index is 0.00000352. The SMILES string of the molecule is CC.CC(C)CCCC(=O)N1CCCC1C(=O)N[C@@H](CC(C)C)C(=O)N(C)C. The average molecular weight is 398 g/mol. The van der Waals surface area contributed by atoms with Gasteiger partial charge in [-0.1, -0.05) is 48.0 Å². The molecule has 1 fully saturated rings. The number of nitrogens with one attached hydrogen (secondary N) is 1. The van der Waals surface area contributed by atoms with E-state index in [0.29, 0.717) is 37.6 Å². The van der Waals surface area contributed by atoms with Crippen LogP contribution in [0.2, 0.25) is 0 Å². The molecule has 1 saturated heterocycles. The van der Waals surface area contributed by atoms with Crippen molar-refractivity contribution in [2.24, 2.45) is 11.8 Å². The van der Waals surface area contributed by atoms with Gasteiger partial charge in [-0.25, -0.2) is 0 Å². The van der Waals surface area contributed by atoms with E-state index >= 15 is 0 Å². The van der Waals surface area contributed by atoms with Crippen molar-refractivity contribution < 1.29 is 14.4 Å². The third-order valence-corrected chi connectivity index (χ3v) is 4.81. The molecule has 1 rings (SSSR count). The highest BCUT2D eigenvalue weighted by molar-refractivity contribution is 5.92. The Morgan fingerprint density at radius 3 is 2.18 bits per heavy atom. The first-order chi connectivity index (χ1) is 13.1. The maximum absolute atomic E-state index is 12.8. The molecule has 0 saturated carbocycles. The van der Waals surface area contributed by atoms with Crippen LogP contribution in [0.25, 0.3) is 0 Å². The summed E-state index contributed by atoms with van der Waals surface area (Å²) in [5, 5.41) is 2.91. The summed E-state index contributed by atoms with van der Waals surface area (Å²) in [5.74, 6) is 0.638. The highest BCUT2D eigenvalue weighted by Gasteiger charge is 2.35. The van der Waals surface area contributed by atoms with E-state index in [-0.39, 0.29) is 17.7 Å². The summed E-state index contributed by atoms with van der Waals surface area (Å²) in [4.78, 5) is 40.9. The van der Waals surface area contributed by atoms with Crippen LogP contribution >= 0.6 is 0 Å². The fourth-order valence-corrected chi connectivity index (χ4v) is 3.42. The molecule has 1 N–H and O–H groups in total. The predicted molar refractivity (Wildman–Crippen MR) is 115 cm³/mol. The van der Waals surface area contributed by atoms with Gasteiger partial charge in [0.05, 0.1) is 0 Å². The molecule has 0 bridgehead atoms. The van der Waals surface area contributed by atoms with Crippen molar-refractivity contribution in [3.63, 3.8) is 0 Å². The molecule has 0 spiro atoms. The first-order valence-corrected chi connectivity index (χ1v) is 10.9. The molecule has 0 aromatic carbocycles. The third-order valence-electron chi connectivity index (χ3n) is 4.81. The molecule has 1 aliphatic heterocycles. The van der Waals surface area contributed by atoms with Gasteiger partial charge in [-0.2, -0.15) is 0 Å². The topological polar surface area (TPSA) is 69.7 Å². The monoisotopic (exact) mass is 397 g/mol. The molecular weight excluding hydrogens is 354 g/mol. The van der Waals surface area contributed by atoms with Gasteiger partial charge in [0.2, 0.25) is 17.7 Å². The number of rotatable bonds is 9. The Bertz CT molecular complexity index is 489. The van der Waals surface area contributed by atoms with Gasteiger partial charge < -0.3 is 15.1 Å². The molecule has 6 nitrogen and oxygen atoms in total. The van der Waals surface area contributed by atoms with E-state index in [9.17, 15) is 14.4 Å². The number of amides is 3. The predicted octanol–water partition coefficient (Wildman–Crippen LogP) is 3.45. The second kappa shape index (κ2) is 13.6. The summed E-state index contributed by atoms with van der Waals surface area (Å²) in [7, 11) is 3.39. The van der Waals surface area contributed by atoms with Crippen molar-refractivity contribution in [2.75, 3.05) is 20.6 Å². The van der Waals surface area contributed by atoms with Crippen LogP contribution in [0.15, 0.2) is 0 Å². The van der Waals surface area contributed by atoms with Crippen LogP contribution in [-0.2, 0) is 14.4 Å². The lowest BCUT2D eigenvalue weighted by Crippen LogP contribution is -2.53.